The number of carbonyl (C=O) groups excluding carboxylic acids is 1. The Balaban J connectivity index is 1.17. The van der Waals surface area contributed by atoms with Crippen LogP contribution in [0.3, 0.4) is 0 Å². The maximum absolute atomic E-state index is 13.0. The van der Waals surface area contributed by atoms with E-state index in [2.05, 4.69) is 49.9 Å². The first-order chi connectivity index (χ1) is 19.1. The molecule has 1 fully saturated rings. The van der Waals surface area contributed by atoms with Crippen molar-refractivity contribution in [2.75, 3.05) is 31.2 Å². The molecule has 0 atom stereocenters. The molecule has 0 amide bonds. The van der Waals surface area contributed by atoms with Gasteiger partial charge < -0.3 is 19.1 Å². The van der Waals surface area contributed by atoms with E-state index >= 15 is 0 Å². The van der Waals surface area contributed by atoms with Gasteiger partial charge >= 0.3 is 0 Å². The van der Waals surface area contributed by atoms with Crippen molar-refractivity contribution in [2.24, 2.45) is 0 Å². The number of aromatic amines is 1. The number of fused-ring (bicyclic) bond motifs is 1. The number of pyridine rings is 1. The predicted molar refractivity (Wildman–Crippen MR) is 149 cm³/mol. The van der Waals surface area contributed by atoms with E-state index in [9.17, 15) is 4.79 Å². The average Bonchev–Trinajstić information content (AvgIpc) is 3.59. The van der Waals surface area contributed by atoms with Gasteiger partial charge in [-0.25, -0.2) is 9.97 Å². The highest BCUT2D eigenvalue weighted by molar-refractivity contribution is 5.92. The molecule has 1 saturated heterocycles. The molecule has 9 heteroatoms. The minimum Gasteiger partial charge on any atom is -0.378 e. The smallest absolute Gasteiger partial charge is 0.148 e. The quantitative estimate of drug-likeness (QED) is 0.304. The van der Waals surface area contributed by atoms with Crippen LogP contribution >= 0.6 is 0 Å². The molecule has 0 radical (unpaired) electrons. The molecule has 6 rings (SSSR count). The largest absolute Gasteiger partial charge is 0.378 e. The molecule has 4 aromatic heterocycles. The fourth-order valence-electron chi connectivity index (χ4n) is 5.15. The number of anilines is 1. The summed E-state index contributed by atoms with van der Waals surface area (Å²) in [6, 6.07) is 14.0. The summed E-state index contributed by atoms with van der Waals surface area (Å²) < 4.78 is 11.1. The van der Waals surface area contributed by atoms with Gasteiger partial charge in [-0.3, -0.25) is 9.78 Å². The third-order valence-electron chi connectivity index (χ3n) is 7.05. The highest BCUT2D eigenvalue weighted by atomic mass is 16.5. The number of H-pyrrole nitrogens is 1. The van der Waals surface area contributed by atoms with Crippen molar-refractivity contribution < 1.29 is 14.1 Å². The van der Waals surface area contributed by atoms with E-state index in [-0.39, 0.29) is 18.1 Å². The molecule has 9 nitrogen and oxygen atoms in total. The highest BCUT2D eigenvalue weighted by Crippen LogP contribution is 2.32. The van der Waals surface area contributed by atoms with Crippen molar-refractivity contribution in [3.05, 3.63) is 78.1 Å². The Labute approximate surface area is 226 Å². The first-order valence-corrected chi connectivity index (χ1v) is 13.2. The lowest BCUT2D eigenvalue weighted by atomic mass is 9.94. The van der Waals surface area contributed by atoms with Crippen molar-refractivity contribution in [3.63, 3.8) is 0 Å². The molecular formula is C30H30N6O3. The number of hydrogen-bond donors (Lipinski definition) is 1. The van der Waals surface area contributed by atoms with E-state index in [1.807, 2.05) is 36.4 Å². The predicted octanol–water partition coefficient (Wildman–Crippen LogP) is 4.99. The van der Waals surface area contributed by atoms with Gasteiger partial charge in [-0.1, -0.05) is 43.3 Å². The lowest BCUT2D eigenvalue weighted by Crippen LogP contribution is -2.36. The molecule has 1 N–H and O–H groups in total. The molecule has 39 heavy (non-hydrogen) atoms. The molecule has 1 aliphatic rings. The molecule has 198 valence electrons. The molecule has 0 aliphatic carbocycles. The molecule has 0 unspecified atom stereocenters. The van der Waals surface area contributed by atoms with E-state index in [4.69, 9.17) is 9.26 Å². The Kier molecular flexibility index (Phi) is 6.89. The standard InChI is InChI=1S/C30H30N6O3/c1-19(2)27-26(39-35-28(27)22-4-3-9-31-17-22)15-23(37)14-20-5-7-21(8-6-20)25-16-24-29(34-25)32-18-33-30(24)36-10-12-38-13-11-36/h3-9,16-19H,10-15H2,1-2H3,(H,32,33,34). The number of ether oxygens (including phenoxy) is 1. The Hall–Kier alpha value is -4.37. The number of benzene rings is 1. The van der Waals surface area contributed by atoms with E-state index in [0.29, 0.717) is 25.4 Å². The van der Waals surface area contributed by atoms with Crippen molar-refractivity contribution in [1.82, 2.24) is 25.1 Å². The van der Waals surface area contributed by atoms with Crippen molar-refractivity contribution >= 4 is 22.6 Å². The first kappa shape index (κ1) is 24.9. The second kappa shape index (κ2) is 10.8. The second-order valence-electron chi connectivity index (χ2n) is 10.1. The van der Waals surface area contributed by atoms with Crippen LogP contribution in [0.2, 0.25) is 0 Å². The van der Waals surface area contributed by atoms with Crippen molar-refractivity contribution in [2.45, 2.75) is 32.6 Å². The summed E-state index contributed by atoms with van der Waals surface area (Å²) in [6.07, 6.45) is 5.61. The van der Waals surface area contributed by atoms with Crippen molar-refractivity contribution in [1.29, 1.82) is 0 Å². The van der Waals surface area contributed by atoms with Crippen LogP contribution in [-0.2, 0) is 22.4 Å². The Morgan fingerprint density at radius 3 is 2.62 bits per heavy atom. The zero-order valence-electron chi connectivity index (χ0n) is 22.1. The molecule has 1 aromatic carbocycles. The summed E-state index contributed by atoms with van der Waals surface area (Å²) in [7, 11) is 0. The van der Waals surface area contributed by atoms with Crippen LogP contribution in [0.4, 0.5) is 5.82 Å². The normalized spacial score (nSPS) is 13.9. The van der Waals surface area contributed by atoms with Gasteiger partial charge in [0, 0.05) is 48.7 Å². The van der Waals surface area contributed by atoms with E-state index in [1.54, 1.807) is 18.7 Å². The fraction of sp³-hybridized carbons (Fsp3) is 0.300. The molecule has 0 spiro atoms. The van der Waals surface area contributed by atoms with Crippen LogP contribution in [0.25, 0.3) is 33.5 Å². The van der Waals surface area contributed by atoms with Gasteiger partial charge in [0.05, 0.1) is 25.0 Å². The van der Waals surface area contributed by atoms with Gasteiger partial charge in [0.25, 0.3) is 0 Å². The van der Waals surface area contributed by atoms with Crippen LogP contribution in [0.1, 0.15) is 36.7 Å². The number of morpholine rings is 1. The number of aromatic nitrogens is 5. The Morgan fingerprint density at radius 2 is 1.87 bits per heavy atom. The lowest BCUT2D eigenvalue weighted by Gasteiger charge is -2.27. The molecule has 0 saturated carbocycles. The number of Topliss-reactive ketones (excluding diaryl/α,β-unsaturated/α-hetero) is 1. The summed E-state index contributed by atoms with van der Waals surface area (Å²) in [4.78, 5) is 31.8. The summed E-state index contributed by atoms with van der Waals surface area (Å²) in [5, 5.41) is 5.27. The molecule has 5 heterocycles. The number of ketones is 1. The number of carbonyl (C=O) groups is 1. The minimum absolute atomic E-state index is 0.0783. The monoisotopic (exact) mass is 522 g/mol. The number of nitrogens with zero attached hydrogens (tertiary/aromatic N) is 5. The zero-order chi connectivity index (χ0) is 26.8. The topological polar surface area (TPSA) is 110 Å². The Bertz CT molecular complexity index is 1580. The SMILES string of the molecule is CC(C)c1c(-c2cccnc2)noc1CC(=O)Cc1ccc(-c2cc3c(N4CCOCC4)ncnc3[nH]2)cc1. The number of hydrogen-bond acceptors (Lipinski definition) is 8. The fourth-order valence-corrected chi connectivity index (χ4v) is 5.15. The zero-order valence-corrected chi connectivity index (χ0v) is 22.1. The molecule has 5 aromatic rings. The maximum atomic E-state index is 13.0. The van der Waals surface area contributed by atoms with E-state index in [0.717, 1.165) is 63.6 Å². The highest BCUT2D eigenvalue weighted by Gasteiger charge is 2.22. The average molecular weight is 523 g/mol. The molecule has 1 aliphatic heterocycles. The minimum atomic E-state index is 0.0783. The number of rotatable bonds is 8. The van der Waals surface area contributed by atoms with E-state index in [1.165, 1.54) is 0 Å². The summed E-state index contributed by atoms with van der Waals surface area (Å²) >= 11 is 0. The first-order valence-electron chi connectivity index (χ1n) is 13.2. The van der Waals surface area contributed by atoms with Crippen LogP contribution in [-0.4, -0.2) is 57.2 Å². The molecular weight excluding hydrogens is 492 g/mol. The van der Waals surface area contributed by atoms with Crippen LogP contribution in [0.15, 0.2) is 65.7 Å². The third-order valence-corrected chi connectivity index (χ3v) is 7.05. The lowest BCUT2D eigenvalue weighted by molar-refractivity contribution is -0.118. The van der Waals surface area contributed by atoms with Crippen LogP contribution in [0.5, 0.6) is 0 Å². The van der Waals surface area contributed by atoms with Gasteiger partial charge in [0.1, 0.15) is 35.0 Å². The van der Waals surface area contributed by atoms with Gasteiger partial charge in [-0.15, -0.1) is 0 Å². The van der Waals surface area contributed by atoms with Gasteiger partial charge in [-0.05, 0) is 35.2 Å². The Morgan fingerprint density at radius 1 is 1.05 bits per heavy atom. The van der Waals surface area contributed by atoms with Crippen molar-refractivity contribution in [3.8, 4) is 22.5 Å². The van der Waals surface area contributed by atoms with Crippen LogP contribution < -0.4 is 4.90 Å². The summed E-state index contributed by atoms with van der Waals surface area (Å²) in [6.45, 7) is 7.19. The third kappa shape index (κ3) is 5.18. The van der Waals surface area contributed by atoms with Gasteiger partial charge in [0.15, 0.2) is 0 Å². The summed E-state index contributed by atoms with van der Waals surface area (Å²) in [5.74, 6) is 1.79. The maximum Gasteiger partial charge on any atom is 0.148 e. The van der Waals surface area contributed by atoms with E-state index < -0.39 is 0 Å². The number of nitrogens with one attached hydrogen (secondary N) is 1. The molecule has 0 bridgehead atoms. The summed E-state index contributed by atoms with van der Waals surface area (Å²) in [5.41, 5.74) is 6.35. The van der Waals surface area contributed by atoms with Gasteiger partial charge in [0.2, 0.25) is 0 Å². The van der Waals surface area contributed by atoms with Crippen LogP contribution in [0, 0.1) is 0 Å². The van der Waals surface area contributed by atoms with Gasteiger partial charge in [-0.2, -0.15) is 0 Å². The second-order valence-corrected chi connectivity index (χ2v) is 10.1.